The van der Waals surface area contributed by atoms with Gasteiger partial charge in [0.2, 0.25) is 0 Å². The number of nitrogens with zero attached hydrogens (tertiary/aromatic N) is 2. The summed E-state index contributed by atoms with van der Waals surface area (Å²) in [5, 5.41) is 0. The van der Waals surface area contributed by atoms with Gasteiger partial charge in [0.05, 0.1) is 5.84 Å². The van der Waals surface area contributed by atoms with Crippen molar-refractivity contribution in [3.63, 3.8) is 0 Å². The van der Waals surface area contributed by atoms with Crippen molar-refractivity contribution in [1.82, 2.24) is 4.90 Å². The fourth-order valence-electron chi connectivity index (χ4n) is 0.540. The number of hydrogen-bond acceptors (Lipinski definition) is 1. The molecule has 0 unspecified atom stereocenters. The van der Waals surface area contributed by atoms with E-state index in [2.05, 4.69) is 11.9 Å². The number of aliphatic imine (C=N–C) groups is 1. The molecule has 0 aromatic heterocycles. The summed E-state index contributed by atoms with van der Waals surface area (Å²) in [5.41, 5.74) is 0. The predicted octanol–water partition coefficient (Wildman–Crippen LogP) is 1.77. The van der Waals surface area contributed by atoms with Gasteiger partial charge in [0.25, 0.3) is 0 Å². The van der Waals surface area contributed by atoms with Gasteiger partial charge in [-0.25, -0.2) is 0 Å². The van der Waals surface area contributed by atoms with Crippen LogP contribution >= 0.6 is 0 Å². The molecule has 0 aromatic carbocycles. The first-order chi connectivity index (χ1) is 4.68. The summed E-state index contributed by atoms with van der Waals surface area (Å²) in [4.78, 5) is 6.39. The lowest BCUT2D eigenvalue weighted by molar-refractivity contribution is 0.611. The lowest BCUT2D eigenvalue weighted by Crippen LogP contribution is -2.18. The minimum atomic E-state index is 0.973. The molecule has 0 saturated heterocycles. The lowest BCUT2D eigenvalue weighted by Gasteiger charge is -2.10. The normalized spacial score (nSPS) is 11.8. The topological polar surface area (TPSA) is 15.6 Å². The van der Waals surface area contributed by atoms with Crippen LogP contribution < -0.4 is 0 Å². The molecule has 0 heterocycles. The average molecular weight is 142 g/mol. The van der Waals surface area contributed by atoms with Crippen LogP contribution in [-0.2, 0) is 0 Å². The van der Waals surface area contributed by atoms with Crippen molar-refractivity contribution in [3.8, 4) is 0 Å². The predicted molar refractivity (Wildman–Crippen MR) is 46.6 cm³/mol. The van der Waals surface area contributed by atoms with E-state index >= 15 is 0 Å². The Bertz CT molecular complexity index is 106. The number of rotatable bonds is 3. The zero-order valence-corrected chi connectivity index (χ0v) is 7.52. The van der Waals surface area contributed by atoms with Gasteiger partial charge in [-0.15, -0.1) is 0 Å². The summed E-state index contributed by atoms with van der Waals surface area (Å²) in [6.45, 7) is 5.19. The number of unbranched alkanes of at least 4 members (excludes halogenated alkanes) is 1. The SMILES string of the molecule is CCCC/N=C(\C)N(C)C. The molecule has 2 nitrogen and oxygen atoms in total. The van der Waals surface area contributed by atoms with Crippen molar-refractivity contribution in [2.45, 2.75) is 26.7 Å². The highest BCUT2D eigenvalue weighted by Crippen LogP contribution is 1.89. The van der Waals surface area contributed by atoms with E-state index in [0.717, 1.165) is 12.4 Å². The summed E-state index contributed by atoms with van der Waals surface area (Å²) in [6, 6.07) is 0. The highest BCUT2D eigenvalue weighted by atomic mass is 15.1. The molecule has 0 rings (SSSR count). The van der Waals surface area contributed by atoms with Gasteiger partial charge in [-0.3, -0.25) is 4.99 Å². The Balaban J connectivity index is 3.48. The van der Waals surface area contributed by atoms with E-state index in [4.69, 9.17) is 0 Å². The largest absolute Gasteiger partial charge is 0.367 e. The molecule has 0 fully saturated rings. The van der Waals surface area contributed by atoms with Crippen molar-refractivity contribution in [2.75, 3.05) is 20.6 Å². The van der Waals surface area contributed by atoms with Crippen LogP contribution in [0.2, 0.25) is 0 Å². The third-order valence-corrected chi connectivity index (χ3v) is 1.50. The molecule has 0 aliphatic heterocycles. The van der Waals surface area contributed by atoms with E-state index in [1.807, 2.05) is 25.9 Å². The second-order valence-electron chi connectivity index (χ2n) is 2.68. The summed E-state index contributed by atoms with van der Waals surface area (Å²) in [6.07, 6.45) is 2.43. The molecule has 0 aromatic rings. The lowest BCUT2D eigenvalue weighted by atomic mass is 10.3. The van der Waals surface area contributed by atoms with Gasteiger partial charge in [0.15, 0.2) is 0 Å². The van der Waals surface area contributed by atoms with Gasteiger partial charge in [0.1, 0.15) is 0 Å². The van der Waals surface area contributed by atoms with Crippen LogP contribution in [0.15, 0.2) is 4.99 Å². The third kappa shape index (κ3) is 4.36. The summed E-state index contributed by atoms with van der Waals surface area (Å²) >= 11 is 0. The Labute approximate surface area is 63.9 Å². The van der Waals surface area contributed by atoms with Crippen LogP contribution in [0.5, 0.6) is 0 Å². The molecule has 0 bridgehead atoms. The Hall–Kier alpha value is -0.530. The Morgan fingerprint density at radius 2 is 2.00 bits per heavy atom. The number of hydrogen-bond donors (Lipinski definition) is 0. The molecule has 0 spiro atoms. The zero-order chi connectivity index (χ0) is 7.98. The maximum absolute atomic E-state index is 4.36. The maximum atomic E-state index is 4.36. The fourth-order valence-corrected chi connectivity index (χ4v) is 0.540. The van der Waals surface area contributed by atoms with E-state index in [1.54, 1.807) is 0 Å². The molecule has 0 radical (unpaired) electrons. The zero-order valence-electron chi connectivity index (χ0n) is 7.52. The minimum absolute atomic E-state index is 0.973. The van der Waals surface area contributed by atoms with Gasteiger partial charge < -0.3 is 4.90 Å². The van der Waals surface area contributed by atoms with E-state index in [0.29, 0.717) is 0 Å². The first-order valence-corrected chi connectivity index (χ1v) is 3.86. The van der Waals surface area contributed by atoms with Crippen LogP contribution in [-0.4, -0.2) is 31.4 Å². The molecular weight excluding hydrogens is 124 g/mol. The molecule has 0 saturated carbocycles. The molecular formula is C8H18N2. The van der Waals surface area contributed by atoms with Crippen LogP contribution in [0.4, 0.5) is 0 Å². The second-order valence-corrected chi connectivity index (χ2v) is 2.68. The highest BCUT2D eigenvalue weighted by Gasteiger charge is 1.89. The molecule has 10 heavy (non-hydrogen) atoms. The third-order valence-electron chi connectivity index (χ3n) is 1.50. The van der Waals surface area contributed by atoms with Crippen molar-refractivity contribution in [3.05, 3.63) is 0 Å². The van der Waals surface area contributed by atoms with Crippen molar-refractivity contribution >= 4 is 5.84 Å². The standard InChI is InChI=1S/C8H18N2/c1-5-6-7-9-8(2)10(3)4/h5-7H2,1-4H3/b9-8+. The summed E-state index contributed by atoms with van der Waals surface area (Å²) in [5.74, 6) is 1.12. The van der Waals surface area contributed by atoms with Gasteiger partial charge in [-0.05, 0) is 13.3 Å². The van der Waals surface area contributed by atoms with Gasteiger partial charge >= 0.3 is 0 Å². The van der Waals surface area contributed by atoms with Crippen molar-refractivity contribution in [1.29, 1.82) is 0 Å². The number of amidine groups is 1. The van der Waals surface area contributed by atoms with Gasteiger partial charge in [0, 0.05) is 20.6 Å². The molecule has 0 aliphatic rings. The molecule has 0 aliphatic carbocycles. The van der Waals surface area contributed by atoms with Crippen LogP contribution in [0.1, 0.15) is 26.7 Å². The molecule has 0 atom stereocenters. The van der Waals surface area contributed by atoms with E-state index in [1.165, 1.54) is 12.8 Å². The summed E-state index contributed by atoms with van der Waals surface area (Å²) in [7, 11) is 4.04. The Morgan fingerprint density at radius 3 is 2.40 bits per heavy atom. The first kappa shape index (κ1) is 9.47. The Kier molecular flexibility index (Phi) is 4.99. The average Bonchev–Trinajstić information content (AvgIpc) is 1.88. The Morgan fingerprint density at radius 1 is 1.40 bits per heavy atom. The van der Waals surface area contributed by atoms with Gasteiger partial charge in [-0.1, -0.05) is 13.3 Å². The monoisotopic (exact) mass is 142 g/mol. The van der Waals surface area contributed by atoms with Gasteiger partial charge in [-0.2, -0.15) is 0 Å². The van der Waals surface area contributed by atoms with E-state index < -0.39 is 0 Å². The van der Waals surface area contributed by atoms with E-state index in [9.17, 15) is 0 Å². The first-order valence-electron chi connectivity index (χ1n) is 3.86. The van der Waals surface area contributed by atoms with Crippen LogP contribution in [0.3, 0.4) is 0 Å². The van der Waals surface area contributed by atoms with Crippen LogP contribution in [0.25, 0.3) is 0 Å². The quantitative estimate of drug-likeness (QED) is 0.333. The minimum Gasteiger partial charge on any atom is -0.367 e. The fraction of sp³-hybridized carbons (Fsp3) is 0.875. The molecule has 0 N–H and O–H groups in total. The van der Waals surface area contributed by atoms with Crippen molar-refractivity contribution < 1.29 is 0 Å². The molecule has 2 heteroatoms. The van der Waals surface area contributed by atoms with Crippen molar-refractivity contribution in [2.24, 2.45) is 4.99 Å². The van der Waals surface area contributed by atoms with E-state index in [-0.39, 0.29) is 0 Å². The molecule has 60 valence electrons. The highest BCUT2D eigenvalue weighted by molar-refractivity contribution is 5.79. The summed E-state index contributed by atoms with van der Waals surface area (Å²) < 4.78 is 0. The maximum Gasteiger partial charge on any atom is 0.0952 e. The second kappa shape index (κ2) is 5.27. The molecule has 0 amide bonds. The van der Waals surface area contributed by atoms with Crippen LogP contribution in [0, 0.1) is 0 Å². The smallest absolute Gasteiger partial charge is 0.0952 e.